The Morgan fingerprint density at radius 3 is 2.86 bits per heavy atom. The normalized spacial score (nSPS) is 17.3. The number of aromatic nitrogens is 2. The van der Waals surface area contributed by atoms with Crippen LogP contribution in [0.3, 0.4) is 0 Å². The number of benzene rings is 1. The molecule has 3 rings (SSSR count). The van der Waals surface area contributed by atoms with Crippen LogP contribution in [0.25, 0.3) is 0 Å². The second kappa shape index (κ2) is 6.30. The van der Waals surface area contributed by atoms with Gasteiger partial charge in [0.15, 0.2) is 0 Å². The van der Waals surface area contributed by atoms with Crippen molar-refractivity contribution in [1.29, 1.82) is 0 Å². The van der Waals surface area contributed by atoms with E-state index in [1.165, 1.54) is 5.56 Å². The van der Waals surface area contributed by atoms with E-state index in [9.17, 15) is 0 Å². The lowest BCUT2D eigenvalue weighted by Gasteiger charge is -2.08. The SMILES string of the molecule is NC1=NC(CCc2ccc(NCc3cnc[nH]3)cc2)CO1. The summed E-state index contributed by atoms with van der Waals surface area (Å²) in [5, 5.41) is 3.35. The summed E-state index contributed by atoms with van der Waals surface area (Å²) in [6.45, 7) is 1.35. The number of nitrogens with one attached hydrogen (secondary N) is 2. The zero-order valence-electron chi connectivity index (χ0n) is 11.7. The zero-order valence-corrected chi connectivity index (χ0v) is 11.7. The molecule has 1 aromatic carbocycles. The Kier molecular flexibility index (Phi) is 4.04. The highest BCUT2D eigenvalue weighted by atomic mass is 16.5. The maximum absolute atomic E-state index is 5.50. The van der Waals surface area contributed by atoms with Gasteiger partial charge in [-0.15, -0.1) is 0 Å². The van der Waals surface area contributed by atoms with Crippen molar-refractivity contribution in [2.45, 2.75) is 25.4 Å². The molecule has 1 aromatic heterocycles. The summed E-state index contributed by atoms with van der Waals surface area (Å²) in [5.41, 5.74) is 8.96. The molecule has 1 unspecified atom stereocenters. The third-order valence-corrected chi connectivity index (χ3v) is 3.49. The van der Waals surface area contributed by atoms with Gasteiger partial charge in [0.05, 0.1) is 24.6 Å². The fourth-order valence-corrected chi connectivity index (χ4v) is 2.29. The van der Waals surface area contributed by atoms with Crippen LogP contribution < -0.4 is 11.1 Å². The number of rotatable bonds is 6. The molecule has 6 nitrogen and oxygen atoms in total. The minimum atomic E-state index is 0.197. The first-order valence-electron chi connectivity index (χ1n) is 7.06. The number of aromatic amines is 1. The van der Waals surface area contributed by atoms with Gasteiger partial charge in [-0.1, -0.05) is 12.1 Å². The van der Waals surface area contributed by atoms with E-state index in [4.69, 9.17) is 10.5 Å². The quantitative estimate of drug-likeness (QED) is 0.753. The lowest BCUT2D eigenvalue weighted by Crippen LogP contribution is -2.10. The lowest BCUT2D eigenvalue weighted by molar-refractivity contribution is 0.308. The molecule has 0 bridgehead atoms. The molecule has 0 spiro atoms. The molecule has 2 heterocycles. The topological polar surface area (TPSA) is 88.3 Å². The number of amidine groups is 1. The van der Waals surface area contributed by atoms with E-state index in [-0.39, 0.29) is 6.04 Å². The second-order valence-corrected chi connectivity index (χ2v) is 5.10. The maximum Gasteiger partial charge on any atom is 0.282 e. The minimum Gasteiger partial charge on any atom is -0.463 e. The lowest BCUT2D eigenvalue weighted by atomic mass is 10.1. The van der Waals surface area contributed by atoms with Crippen molar-refractivity contribution in [3.8, 4) is 0 Å². The number of aliphatic imine (C=N–C) groups is 1. The molecule has 6 heteroatoms. The van der Waals surface area contributed by atoms with E-state index in [1.54, 1.807) is 6.33 Å². The Bertz CT molecular complexity index is 591. The van der Waals surface area contributed by atoms with Crippen LogP contribution in [0.2, 0.25) is 0 Å². The fourth-order valence-electron chi connectivity index (χ4n) is 2.29. The summed E-state index contributed by atoms with van der Waals surface area (Å²) in [7, 11) is 0. The number of ether oxygens (including phenoxy) is 1. The van der Waals surface area contributed by atoms with Gasteiger partial charge in [0.2, 0.25) is 0 Å². The Labute approximate surface area is 123 Å². The number of nitrogens with zero attached hydrogens (tertiary/aromatic N) is 2. The highest BCUT2D eigenvalue weighted by Gasteiger charge is 2.15. The first-order chi connectivity index (χ1) is 10.3. The molecule has 4 N–H and O–H groups in total. The summed E-state index contributed by atoms with van der Waals surface area (Å²) in [6, 6.07) is 8.97. The molecule has 0 saturated heterocycles. The molecule has 1 aliphatic heterocycles. The van der Waals surface area contributed by atoms with Crippen LogP contribution >= 0.6 is 0 Å². The predicted molar refractivity (Wildman–Crippen MR) is 82.0 cm³/mol. The molecule has 0 radical (unpaired) electrons. The van der Waals surface area contributed by atoms with Crippen LogP contribution in [0.1, 0.15) is 17.7 Å². The van der Waals surface area contributed by atoms with Crippen LogP contribution in [0.5, 0.6) is 0 Å². The number of hydrogen-bond donors (Lipinski definition) is 3. The average molecular weight is 285 g/mol. The van der Waals surface area contributed by atoms with Gasteiger partial charge >= 0.3 is 0 Å². The Hall–Kier alpha value is -2.50. The number of anilines is 1. The smallest absolute Gasteiger partial charge is 0.282 e. The van der Waals surface area contributed by atoms with Gasteiger partial charge in [-0.05, 0) is 30.5 Å². The van der Waals surface area contributed by atoms with Gasteiger partial charge in [0.25, 0.3) is 6.02 Å². The molecule has 21 heavy (non-hydrogen) atoms. The van der Waals surface area contributed by atoms with E-state index in [0.29, 0.717) is 12.6 Å². The van der Waals surface area contributed by atoms with Crippen LogP contribution in [-0.2, 0) is 17.7 Å². The molecular formula is C15H19N5O. The Morgan fingerprint density at radius 2 is 2.19 bits per heavy atom. The van der Waals surface area contributed by atoms with Crippen molar-refractivity contribution < 1.29 is 4.74 Å². The summed E-state index contributed by atoms with van der Waals surface area (Å²) in [5.74, 6) is 0. The molecule has 1 atom stereocenters. The van der Waals surface area contributed by atoms with Crippen molar-refractivity contribution in [3.63, 3.8) is 0 Å². The molecule has 1 aliphatic rings. The van der Waals surface area contributed by atoms with Crippen molar-refractivity contribution in [3.05, 3.63) is 48.0 Å². The predicted octanol–water partition coefficient (Wildman–Crippen LogP) is 1.67. The Morgan fingerprint density at radius 1 is 1.33 bits per heavy atom. The summed E-state index contributed by atoms with van der Waals surface area (Å²) >= 11 is 0. The second-order valence-electron chi connectivity index (χ2n) is 5.10. The zero-order chi connectivity index (χ0) is 14.5. The van der Waals surface area contributed by atoms with Crippen LogP contribution in [0.4, 0.5) is 5.69 Å². The molecule has 0 fully saturated rings. The maximum atomic E-state index is 5.50. The van der Waals surface area contributed by atoms with Gasteiger partial charge in [-0.25, -0.2) is 9.98 Å². The molecule has 110 valence electrons. The third-order valence-electron chi connectivity index (χ3n) is 3.49. The number of imidazole rings is 1. The summed E-state index contributed by atoms with van der Waals surface area (Å²) in [4.78, 5) is 11.3. The summed E-state index contributed by atoms with van der Waals surface area (Å²) < 4.78 is 5.15. The highest BCUT2D eigenvalue weighted by Crippen LogP contribution is 2.15. The first kappa shape index (κ1) is 13.5. The van der Waals surface area contributed by atoms with E-state index in [0.717, 1.165) is 30.8 Å². The first-order valence-corrected chi connectivity index (χ1v) is 7.06. The average Bonchev–Trinajstić information content (AvgIpc) is 3.15. The Balaban J connectivity index is 1.47. The highest BCUT2D eigenvalue weighted by molar-refractivity contribution is 5.73. The number of nitrogens with two attached hydrogens (primary N) is 1. The van der Waals surface area contributed by atoms with Gasteiger partial charge in [-0.3, -0.25) is 0 Å². The van der Waals surface area contributed by atoms with E-state index >= 15 is 0 Å². The van der Waals surface area contributed by atoms with Crippen molar-refractivity contribution in [2.24, 2.45) is 10.7 Å². The van der Waals surface area contributed by atoms with Gasteiger partial charge in [-0.2, -0.15) is 0 Å². The van der Waals surface area contributed by atoms with Gasteiger partial charge < -0.3 is 20.8 Å². The van der Waals surface area contributed by atoms with Crippen LogP contribution in [0.15, 0.2) is 41.8 Å². The van der Waals surface area contributed by atoms with Crippen LogP contribution in [-0.4, -0.2) is 28.6 Å². The van der Waals surface area contributed by atoms with E-state index < -0.39 is 0 Å². The number of H-pyrrole nitrogens is 1. The number of hydrogen-bond acceptors (Lipinski definition) is 5. The standard InChI is InChI=1S/C15H19N5O/c16-15-20-13(9-21-15)6-3-11-1-4-12(5-2-11)18-8-14-7-17-10-19-14/h1-2,4-5,7,10,13,18H,3,6,8-9H2,(H2,16,20)(H,17,19). The number of aryl methyl sites for hydroxylation is 1. The van der Waals surface area contributed by atoms with Crippen molar-refractivity contribution in [2.75, 3.05) is 11.9 Å². The molecular weight excluding hydrogens is 266 g/mol. The van der Waals surface area contributed by atoms with Crippen LogP contribution in [0, 0.1) is 0 Å². The van der Waals surface area contributed by atoms with Crippen molar-refractivity contribution in [1.82, 2.24) is 9.97 Å². The molecule has 2 aromatic rings. The van der Waals surface area contributed by atoms with Gasteiger partial charge in [0, 0.05) is 11.9 Å². The minimum absolute atomic E-state index is 0.197. The molecule has 0 amide bonds. The molecule has 0 saturated carbocycles. The fraction of sp³-hybridized carbons (Fsp3) is 0.333. The molecule has 0 aliphatic carbocycles. The third kappa shape index (κ3) is 3.75. The largest absolute Gasteiger partial charge is 0.463 e. The van der Waals surface area contributed by atoms with E-state index in [2.05, 4.69) is 44.5 Å². The van der Waals surface area contributed by atoms with Crippen molar-refractivity contribution >= 4 is 11.7 Å². The monoisotopic (exact) mass is 285 g/mol. The van der Waals surface area contributed by atoms with E-state index in [1.807, 2.05) is 6.20 Å². The van der Waals surface area contributed by atoms with Gasteiger partial charge in [0.1, 0.15) is 6.61 Å². The summed E-state index contributed by atoms with van der Waals surface area (Å²) in [6.07, 6.45) is 5.44.